The van der Waals surface area contributed by atoms with Crippen molar-refractivity contribution in [1.29, 1.82) is 0 Å². The number of rotatable bonds is 7. The predicted octanol–water partition coefficient (Wildman–Crippen LogP) is 5.44. The van der Waals surface area contributed by atoms with Gasteiger partial charge in [0.15, 0.2) is 0 Å². The number of para-hydroxylation sites is 2. The molecule has 146 valence electrons. The minimum absolute atomic E-state index is 0.151. The smallest absolute Gasteiger partial charge is 0.303 e. The Kier molecular flexibility index (Phi) is 5.29. The Bertz CT molecular complexity index is 1150. The zero-order chi connectivity index (χ0) is 20.2. The molecule has 0 atom stereocenters. The second-order valence-corrected chi connectivity index (χ2v) is 6.95. The summed E-state index contributed by atoms with van der Waals surface area (Å²) in [5.74, 6) is 1.70. The van der Waals surface area contributed by atoms with Crippen molar-refractivity contribution in [2.24, 2.45) is 7.05 Å². The maximum atomic E-state index is 10.8. The number of hydrogen-bond acceptors (Lipinski definition) is 3. The molecule has 4 rings (SSSR count). The monoisotopic (exact) mass is 386 g/mol. The van der Waals surface area contributed by atoms with Gasteiger partial charge in [0, 0.05) is 25.5 Å². The van der Waals surface area contributed by atoms with Crippen LogP contribution in [0.2, 0.25) is 0 Å². The highest BCUT2D eigenvalue weighted by molar-refractivity contribution is 5.84. The molecule has 0 amide bonds. The number of carboxylic acids is 1. The normalized spacial score (nSPS) is 10.9. The molecule has 0 aliphatic rings. The summed E-state index contributed by atoms with van der Waals surface area (Å²) >= 11 is 0. The fraction of sp³-hybridized carbons (Fsp3) is 0.167. The van der Waals surface area contributed by atoms with Crippen molar-refractivity contribution < 1.29 is 14.6 Å². The Morgan fingerprint density at radius 2 is 1.79 bits per heavy atom. The van der Waals surface area contributed by atoms with Crippen LogP contribution in [0.15, 0.2) is 72.8 Å². The molecule has 3 aromatic carbocycles. The zero-order valence-electron chi connectivity index (χ0n) is 16.2. The first-order valence-corrected chi connectivity index (χ1v) is 9.61. The van der Waals surface area contributed by atoms with E-state index in [2.05, 4.69) is 18.2 Å². The van der Waals surface area contributed by atoms with Crippen LogP contribution in [0.4, 0.5) is 0 Å². The number of aliphatic carboxylic acids is 1. The van der Waals surface area contributed by atoms with E-state index in [1.165, 1.54) is 0 Å². The van der Waals surface area contributed by atoms with E-state index in [1.54, 1.807) is 0 Å². The predicted molar refractivity (Wildman–Crippen MR) is 113 cm³/mol. The topological polar surface area (TPSA) is 64.4 Å². The molecular formula is C24H22N2O3. The number of aromatic nitrogens is 2. The molecule has 0 unspecified atom stereocenters. The second kappa shape index (κ2) is 8.19. The quantitative estimate of drug-likeness (QED) is 0.459. The van der Waals surface area contributed by atoms with Crippen molar-refractivity contribution in [3.63, 3.8) is 0 Å². The molecule has 5 heteroatoms. The highest BCUT2D eigenvalue weighted by Gasteiger charge is 2.12. The van der Waals surface area contributed by atoms with Crippen molar-refractivity contribution in [3.05, 3.63) is 78.6 Å². The molecule has 0 spiro atoms. The van der Waals surface area contributed by atoms with Crippen LogP contribution in [0.3, 0.4) is 0 Å². The summed E-state index contributed by atoms with van der Waals surface area (Å²) in [7, 11) is 1.97. The van der Waals surface area contributed by atoms with Crippen LogP contribution in [0.1, 0.15) is 18.7 Å². The lowest BCUT2D eigenvalue weighted by Crippen LogP contribution is -2.01. The number of carbonyl (C=O) groups is 1. The largest absolute Gasteiger partial charge is 0.481 e. The minimum Gasteiger partial charge on any atom is -0.481 e. The van der Waals surface area contributed by atoms with E-state index in [0.717, 1.165) is 39.5 Å². The van der Waals surface area contributed by atoms with E-state index in [-0.39, 0.29) is 6.42 Å². The third-order valence-electron chi connectivity index (χ3n) is 4.93. The lowest BCUT2D eigenvalue weighted by molar-refractivity contribution is -0.137. The van der Waals surface area contributed by atoms with Gasteiger partial charge in [0.1, 0.15) is 17.3 Å². The van der Waals surface area contributed by atoms with Crippen LogP contribution in [0.25, 0.3) is 22.2 Å². The van der Waals surface area contributed by atoms with Crippen molar-refractivity contribution in [3.8, 4) is 22.6 Å². The second-order valence-electron chi connectivity index (χ2n) is 6.95. The summed E-state index contributed by atoms with van der Waals surface area (Å²) in [6.07, 6.45) is 1.37. The maximum absolute atomic E-state index is 10.8. The van der Waals surface area contributed by atoms with Gasteiger partial charge in [-0.2, -0.15) is 0 Å². The van der Waals surface area contributed by atoms with Gasteiger partial charge in [0.2, 0.25) is 0 Å². The highest BCUT2D eigenvalue weighted by atomic mass is 16.5. The van der Waals surface area contributed by atoms with Gasteiger partial charge in [0.05, 0.1) is 11.0 Å². The molecule has 5 nitrogen and oxygen atoms in total. The SMILES string of the molecule is Cn1c(CCCC(=O)O)nc2cc(-c3ccccc3Oc3ccccc3)ccc21. The molecule has 0 saturated heterocycles. The molecule has 0 bridgehead atoms. The molecule has 0 aliphatic carbocycles. The van der Waals surface area contributed by atoms with Gasteiger partial charge in [-0.3, -0.25) is 4.79 Å². The van der Waals surface area contributed by atoms with E-state index < -0.39 is 5.97 Å². The number of hydrogen-bond donors (Lipinski definition) is 1. The Morgan fingerprint density at radius 1 is 1.03 bits per heavy atom. The number of imidazole rings is 1. The first-order chi connectivity index (χ1) is 14.1. The number of aryl methyl sites for hydroxylation is 2. The van der Waals surface area contributed by atoms with E-state index >= 15 is 0 Å². The van der Waals surface area contributed by atoms with Crippen molar-refractivity contribution in [2.75, 3.05) is 0 Å². The number of ether oxygens (including phenoxy) is 1. The van der Waals surface area contributed by atoms with Crippen molar-refractivity contribution in [1.82, 2.24) is 9.55 Å². The fourth-order valence-corrected chi connectivity index (χ4v) is 3.45. The molecule has 1 heterocycles. The molecule has 0 radical (unpaired) electrons. The van der Waals surface area contributed by atoms with E-state index in [1.807, 2.05) is 66.2 Å². The standard InChI is InChI=1S/C24H22N2O3/c1-26-21-15-14-17(16-20(21)25-23(26)12-7-13-24(27)28)19-10-5-6-11-22(19)29-18-8-3-2-4-9-18/h2-6,8-11,14-16H,7,12-13H2,1H3,(H,27,28). The van der Waals surface area contributed by atoms with E-state index in [4.69, 9.17) is 14.8 Å². The number of nitrogens with zero attached hydrogens (tertiary/aromatic N) is 2. The van der Waals surface area contributed by atoms with Gasteiger partial charge in [-0.15, -0.1) is 0 Å². The zero-order valence-corrected chi connectivity index (χ0v) is 16.2. The van der Waals surface area contributed by atoms with Crippen molar-refractivity contribution >= 4 is 17.0 Å². The molecule has 4 aromatic rings. The van der Waals surface area contributed by atoms with Gasteiger partial charge in [-0.25, -0.2) is 4.98 Å². The third kappa shape index (κ3) is 4.14. The number of carboxylic acid groups (broad SMARTS) is 1. The summed E-state index contributed by atoms with van der Waals surface area (Å²) in [4.78, 5) is 15.5. The average Bonchev–Trinajstić information content (AvgIpc) is 3.04. The Hall–Kier alpha value is -3.60. The Labute approximate surface area is 169 Å². The molecule has 1 aromatic heterocycles. The number of fused-ring (bicyclic) bond motifs is 1. The molecule has 29 heavy (non-hydrogen) atoms. The summed E-state index contributed by atoms with van der Waals surface area (Å²) < 4.78 is 8.13. The van der Waals surface area contributed by atoms with Crippen molar-refractivity contribution in [2.45, 2.75) is 19.3 Å². The third-order valence-corrected chi connectivity index (χ3v) is 4.93. The first-order valence-electron chi connectivity index (χ1n) is 9.61. The summed E-state index contributed by atoms with van der Waals surface area (Å²) in [5, 5.41) is 8.86. The molecule has 0 saturated carbocycles. The fourth-order valence-electron chi connectivity index (χ4n) is 3.45. The average molecular weight is 386 g/mol. The summed E-state index contributed by atoms with van der Waals surface area (Å²) in [5.41, 5.74) is 3.95. The van der Waals surface area contributed by atoms with Gasteiger partial charge < -0.3 is 14.4 Å². The molecular weight excluding hydrogens is 364 g/mol. The summed E-state index contributed by atoms with van der Waals surface area (Å²) in [6, 6.07) is 23.9. The number of benzene rings is 3. The molecule has 1 N–H and O–H groups in total. The van der Waals surface area contributed by atoms with Gasteiger partial charge in [0.25, 0.3) is 0 Å². The molecule has 0 aliphatic heterocycles. The van der Waals surface area contributed by atoms with Crippen LogP contribution in [-0.4, -0.2) is 20.6 Å². The van der Waals surface area contributed by atoms with Crippen LogP contribution in [0.5, 0.6) is 11.5 Å². The maximum Gasteiger partial charge on any atom is 0.303 e. The Balaban J connectivity index is 1.66. The first kappa shape index (κ1) is 18.7. The lowest BCUT2D eigenvalue weighted by atomic mass is 10.0. The van der Waals surface area contributed by atoms with Crippen LogP contribution in [-0.2, 0) is 18.3 Å². The van der Waals surface area contributed by atoms with Crippen LogP contribution < -0.4 is 4.74 Å². The van der Waals surface area contributed by atoms with Crippen LogP contribution >= 0.6 is 0 Å². The molecule has 0 fully saturated rings. The lowest BCUT2D eigenvalue weighted by Gasteiger charge is -2.11. The van der Waals surface area contributed by atoms with E-state index in [9.17, 15) is 4.79 Å². The van der Waals surface area contributed by atoms with Gasteiger partial charge in [-0.05, 0) is 42.3 Å². The highest BCUT2D eigenvalue weighted by Crippen LogP contribution is 2.34. The minimum atomic E-state index is -0.777. The van der Waals surface area contributed by atoms with Crippen LogP contribution in [0, 0.1) is 0 Å². The Morgan fingerprint density at radius 3 is 2.59 bits per heavy atom. The van der Waals surface area contributed by atoms with Gasteiger partial charge in [-0.1, -0.05) is 42.5 Å². The summed E-state index contributed by atoms with van der Waals surface area (Å²) in [6.45, 7) is 0. The van der Waals surface area contributed by atoms with E-state index in [0.29, 0.717) is 12.8 Å². The van der Waals surface area contributed by atoms with Gasteiger partial charge >= 0.3 is 5.97 Å².